The normalized spacial score (nSPS) is 16.2. The SMILES string of the molecule is CNCc1ccc(N2CCNC(=O)C2)c(C(F)(F)F)c1. The van der Waals surface area contributed by atoms with E-state index in [1.807, 2.05) is 0 Å². The molecule has 1 aliphatic rings. The van der Waals surface area contributed by atoms with Crippen LogP contribution in [0, 0.1) is 0 Å². The predicted molar refractivity (Wildman–Crippen MR) is 69.4 cm³/mol. The molecule has 2 rings (SSSR count). The molecule has 20 heavy (non-hydrogen) atoms. The van der Waals surface area contributed by atoms with Gasteiger partial charge in [-0.1, -0.05) is 6.07 Å². The minimum absolute atomic E-state index is 0.0472. The lowest BCUT2D eigenvalue weighted by Crippen LogP contribution is -2.48. The second-order valence-corrected chi connectivity index (χ2v) is 4.65. The molecule has 1 aliphatic heterocycles. The van der Waals surface area contributed by atoms with Gasteiger partial charge in [0.1, 0.15) is 0 Å². The second kappa shape index (κ2) is 5.70. The maximum absolute atomic E-state index is 13.2. The Morgan fingerprint density at radius 1 is 1.40 bits per heavy atom. The quantitative estimate of drug-likeness (QED) is 0.882. The zero-order chi connectivity index (χ0) is 14.8. The standard InChI is InChI=1S/C13H16F3N3O/c1-17-7-9-2-3-11(10(6-9)13(14,15)16)19-5-4-18-12(20)8-19/h2-3,6,17H,4-5,7-8H2,1H3,(H,18,20). The smallest absolute Gasteiger partial charge is 0.360 e. The molecule has 1 fully saturated rings. The summed E-state index contributed by atoms with van der Waals surface area (Å²) in [6, 6.07) is 4.22. The van der Waals surface area contributed by atoms with Crippen molar-refractivity contribution >= 4 is 11.6 Å². The lowest BCUT2D eigenvalue weighted by molar-refractivity contribution is -0.137. The Bertz CT molecular complexity index is 502. The van der Waals surface area contributed by atoms with Gasteiger partial charge in [-0.15, -0.1) is 0 Å². The first-order valence-electron chi connectivity index (χ1n) is 6.28. The highest BCUT2D eigenvalue weighted by molar-refractivity contribution is 5.83. The summed E-state index contributed by atoms with van der Waals surface area (Å²) in [7, 11) is 1.68. The molecule has 1 heterocycles. The van der Waals surface area contributed by atoms with Crippen molar-refractivity contribution < 1.29 is 18.0 Å². The van der Waals surface area contributed by atoms with Gasteiger partial charge < -0.3 is 15.5 Å². The number of hydrogen-bond donors (Lipinski definition) is 2. The second-order valence-electron chi connectivity index (χ2n) is 4.65. The van der Waals surface area contributed by atoms with Crippen LogP contribution in [0.3, 0.4) is 0 Å². The Kier molecular flexibility index (Phi) is 4.17. The van der Waals surface area contributed by atoms with E-state index in [0.717, 1.165) is 6.07 Å². The molecule has 1 aromatic rings. The number of piperazine rings is 1. The highest BCUT2D eigenvalue weighted by Crippen LogP contribution is 2.37. The number of amides is 1. The van der Waals surface area contributed by atoms with E-state index in [2.05, 4.69) is 10.6 Å². The zero-order valence-corrected chi connectivity index (χ0v) is 11.0. The van der Waals surface area contributed by atoms with Crippen molar-refractivity contribution in [2.45, 2.75) is 12.7 Å². The van der Waals surface area contributed by atoms with Crippen LogP contribution in [0.1, 0.15) is 11.1 Å². The topological polar surface area (TPSA) is 44.4 Å². The highest BCUT2D eigenvalue weighted by Gasteiger charge is 2.35. The van der Waals surface area contributed by atoms with Crippen LogP contribution in [0.4, 0.5) is 18.9 Å². The summed E-state index contributed by atoms with van der Waals surface area (Å²) in [6.07, 6.45) is -4.44. The number of hydrogen-bond acceptors (Lipinski definition) is 3. The molecule has 4 nitrogen and oxygen atoms in total. The maximum atomic E-state index is 13.2. The van der Waals surface area contributed by atoms with Crippen LogP contribution in [-0.2, 0) is 17.5 Å². The molecular formula is C13H16F3N3O. The fourth-order valence-electron chi connectivity index (χ4n) is 2.24. The fraction of sp³-hybridized carbons (Fsp3) is 0.462. The number of nitrogens with one attached hydrogen (secondary N) is 2. The summed E-state index contributed by atoms with van der Waals surface area (Å²) in [5, 5.41) is 5.42. The van der Waals surface area contributed by atoms with Gasteiger partial charge in [-0.3, -0.25) is 4.79 Å². The number of halogens is 3. The van der Waals surface area contributed by atoms with Crippen LogP contribution < -0.4 is 15.5 Å². The molecule has 0 aromatic heterocycles. The zero-order valence-electron chi connectivity index (χ0n) is 11.0. The first kappa shape index (κ1) is 14.6. The maximum Gasteiger partial charge on any atom is 0.418 e. The third-order valence-corrected chi connectivity index (χ3v) is 3.13. The fourth-order valence-corrected chi connectivity index (χ4v) is 2.24. The third kappa shape index (κ3) is 3.22. The molecule has 7 heteroatoms. The Labute approximate surface area is 114 Å². The molecule has 110 valence electrons. The molecule has 1 amide bonds. The van der Waals surface area contributed by atoms with Crippen molar-refractivity contribution in [3.8, 4) is 0 Å². The molecule has 0 bridgehead atoms. The van der Waals surface area contributed by atoms with Gasteiger partial charge in [-0.2, -0.15) is 13.2 Å². The van der Waals surface area contributed by atoms with Gasteiger partial charge in [0.05, 0.1) is 12.1 Å². The average Bonchev–Trinajstić information content (AvgIpc) is 2.38. The molecule has 2 N–H and O–H groups in total. The van der Waals surface area contributed by atoms with Gasteiger partial charge in [0.15, 0.2) is 0 Å². The van der Waals surface area contributed by atoms with E-state index in [-0.39, 0.29) is 18.1 Å². The van der Waals surface area contributed by atoms with E-state index in [1.165, 1.54) is 11.0 Å². The van der Waals surface area contributed by atoms with Crippen molar-refractivity contribution in [3.05, 3.63) is 29.3 Å². The first-order chi connectivity index (χ1) is 9.41. The van der Waals surface area contributed by atoms with Gasteiger partial charge >= 0.3 is 6.18 Å². The Hall–Kier alpha value is -1.76. The van der Waals surface area contributed by atoms with Crippen molar-refractivity contribution in [2.24, 2.45) is 0 Å². The summed E-state index contributed by atoms with van der Waals surface area (Å²) in [6.45, 7) is 1.05. The predicted octanol–water partition coefficient (Wildman–Crippen LogP) is 1.36. The van der Waals surface area contributed by atoms with Crippen LogP contribution in [0.2, 0.25) is 0 Å². The lowest BCUT2D eigenvalue weighted by atomic mass is 10.1. The Morgan fingerprint density at radius 3 is 2.75 bits per heavy atom. The summed E-state index contributed by atoms with van der Waals surface area (Å²) < 4.78 is 39.5. The molecular weight excluding hydrogens is 271 g/mol. The van der Waals surface area contributed by atoms with Crippen molar-refractivity contribution in [3.63, 3.8) is 0 Å². The van der Waals surface area contributed by atoms with E-state index in [4.69, 9.17) is 0 Å². The van der Waals surface area contributed by atoms with Crippen LogP contribution in [0.15, 0.2) is 18.2 Å². The molecule has 0 aliphatic carbocycles. The lowest BCUT2D eigenvalue weighted by Gasteiger charge is -2.31. The molecule has 0 saturated carbocycles. The van der Waals surface area contributed by atoms with E-state index in [0.29, 0.717) is 25.2 Å². The minimum Gasteiger partial charge on any atom is -0.360 e. The number of anilines is 1. The highest BCUT2D eigenvalue weighted by atomic mass is 19.4. The monoisotopic (exact) mass is 287 g/mol. The molecule has 0 atom stereocenters. The van der Waals surface area contributed by atoms with Crippen molar-refractivity contribution in [1.82, 2.24) is 10.6 Å². The Balaban J connectivity index is 2.38. The summed E-state index contributed by atoms with van der Waals surface area (Å²) in [5.74, 6) is -0.260. The van der Waals surface area contributed by atoms with E-state index in [1.54, 1.807) is 13.1 Å². The van der Waals surface area contributed by atoms with Crippen molar-refractivity contribution in [2.75, 3.05) is 31.6 Å². The number of rotatable bonds is 3. The van der Waals surface area contributed by atoms with Gasteiger partial charge in [0.25, 0.3) is 0 Å². The summed E-state index contributed by atoms with van der Waals surface area (Å²) >= 11 is 0. The summed E-state index contributed by atoms with van der Waals surface area (Å²) in [4.78, 5) is 12.8. The number of benzene rings is 1. The molecule has 0 radical (unpaired) electrons. The van der Waals surface area contributed by atoms with E-state index in [9.17, 15) is 18.0 Å². The molecule has 0 unspecified atom stereocenters. The third-order valence-electron chi connectivity index (χ3n) is 3.13. The van der Waals surface area contributed by atoms with Gasteiger partial charge in [-0.05, 0) is 24.7 Å². The Morgan fingerprint density at radius 2 is 2.15 bits per heavy atom. The van der Waals surface area contributed by atoms with Gasteiger partial charge in [0, 0.05) is 25.3 Å². The van der Waals surface area contributed by atoms with Crippen LogP contribution in [-0.4, -0.2) is 32.6 Å². The number of carbonyl (C=O) groups is 1. The number of carbonyl (C=O) groups excluding carboxylic acids is 1. The van der Waals surface area contributed by atoms with Gasteiger partial charge in [-0.25, -0.2) is 0 Å². The summed E-state index contributed by atoms with van der Waals surface area (Å²) in [5.41, 5.74) is -0.0720. The van der Waals surface area contributed by atoms with Crippen LogP contribution in [0.25, 0.3) is 0 Å². The average molecular weight is 287 g/mol. The largest absolute Gasteiger partial charge is 0.418 e. The minimum atomic E-state index is -4.44. The molecule has 1 saturated heterocycles. The number of nitrogens with zero attached hydrogens (tertiary/aromatic N) is 1. The van der Waals surface area contributed by atoms with Crippen LogP contribution in [0.5, 0.6) is 0 Å². The van der Waals surface area contributed by atoms with E-state index < -0.39 is 11.7 Å². The first-order valence-corrected chi connectivity index (χ1v) is 6.28. The van der Waals surface area contributed by atoms with Crippen LogP contribution >= 0.6 is 0 Å². The van der Waals surface area contributed by atoms with Crippen molar-refractivity contribution in [1.29, 1.82) is 0 Å². The van der Waals surface area contributed by atoms with Gasteiger partial charge in [0.2, 0.25) is 5.91 Å². The molecule has 0 spiro atoms. The molecule has 1 aromatic carbocycles. The number of alkyl halides is 3. The van der Waals surface area contributed by atoms with E-state index >= 15 is 0 Å².